The van der Waals surface area contributed by atoms with Crippen molar-refractivity contribution in [3.63, 3.8) is 0 Å². The summed E-state index contributed by atoms with van der Waals surface area (Å²) in [5.41, 5.74) is 0.426. The molecule has 104 valence electrons. The summed E-state index contributed by atoms with van der Waals surface area (Å²) in [6, 6.07) is 4.83. The summed E-state index contributed by atoms with van der Waals surface area (Å²) in [4.78, 5) is 11.8. The number of carbonyl (C=O) groups excluding carboxylic acids is 1. The molecule has 5 nitrogen and oxygen atoms in total. The maximum Gasteiger partial charge on any atom is 0.224 e. The molecule has 2 rings (SSSR count). The van der Waals surface area contributed by atoms with Gasteiger partial charge in [0, 0.05) is 12.5 Å². The number of hydrogen-bond donors (Lipinski definition) is 3. The molecule has 0 saturated carbocycles. The van der Waals surface area contributed by atoms with E-state index in [1.54, 1.807) is 12.1 Å². The van der Waals surface area contributed by atoms with E-state index in [-0.39, 0.29) is 11.7 Å². The van der Waals surface area contributed by atoms with Crippen molar-refractivity contribution in [1.29, 1.82) is 0 Å². The lowest BCUT2D eigenvalue weighted by atomic mass is 10.0. The molecule has 1 heterocycles. The summed E-state index contributed by atoms with van der Waals surface area (Å²) < 4.78 is 4.99. The monoisotopic (exact) mass is 264 g/mol. The summed E-state index contributed by atoms with van der Waals surface area (Å²) in [6.07, 6.45) is 2.51. The van der Waals surface area contributed by atoms with Crippen molar-refractivity contribution in [2.75, 3.05) is 25.5 Å². The molecule has 1 aromatic carbocycles. The van der Waals surface area contributed by atoms with Gasteiger partial charge in [-0.1, -0.05) is 0 Å². The highest BCUT2D eigenvalue weighted by Gasteiger charge is 2.16. The number of carbonyl (C=O) groups is 1. The smallest absolute Gasteiger partial charge is 0.224 e. The molecular weight excluding hydrogens is 244 g/mol. The molecule has 1 fully saturated rings. The van der Waals surface area contributed by atoms with E-state index in [2.05, 4.69) is 10.6 Å². The van der Waals surface area contributed by atoms with Crippen molar-refractivity contribution in [1.82, 2.24) is 5.32 Å². The van der Waals surface area contributed by atoms with Gasteiger partial charge in [-0.2, -0.15) is 0 Å². The third-order valence-corrected chi connectivity index (χ3v) is 3.42. The third kappa shape index (κ3) is 3.86. The number of nitrogens with one attached hydrogen (secondary N) is 2. The van der Waals surface area contributed by atoms with Crippen LogP contribution < -0.4 is 15.4 Å². The van der Waals surface area contributed by atoms with Gasteiger partial charge >= 0.3 is 0 Å². The fourth-order valence-electron chi connectivity index (χ4n) is 2.25. The van der Waals surface area contributed by atoms with Gasteiger partial charge in [0.2, 0.25) is 5.91 Å². The van der Waals surface area contributed by atoms with E-state index in [1.165, 1.54) is 13.2 Å². The van der Waals surface area contributed by atoms with Crippen LogP contribution in [-0.2, 0) is 4.79 Å². The Labute approximate surface area is 113 Å². The zero-order valence-corrected chi connectivity index (χ0v) is 11.1. The average Bonchev–Trinajstić information content (AvgIpc) is 2.92. The first kappa shape index (κ1) is 13.7. The van der Waals surface area contributed by atoms with Crippen molar-refractivity contribution in [3.8, 4) is 11.5 Å². The minimum Gasteiger partial charge on any atom is -0.506 e. The highest BCUT2D eigenvalue weighted by atomic mass is 16.5. The molecule has 19 heavy (non-hydrogen) atoms. The number of benzene rings is 1. The van der Waals surface area contributed by atoms with Crippen molar-refractivity contribution >= 4 is 11.6 Å². The zero-order valence-electron chi connectivity index (χ0n) is 11.1. The van der Waals surface area contributed by atoms with Crippen LogP contribution >= 0.6 is 0 Å². The SMILES string of the molecule is COc1ccc(NC(=O)CCC2CCNC2)c(O)c1. The van der Waals surface area contributed by atoms with Crippen molar-refractivity contribution in [2.45, 2.75) is 19.3 Å². The average molecular weight is 264 g/mol. The topological polar surface area (TPSA) is 70.6 Å². The van der Waals surface area contributed by atoms with Gasteiger partial charge < -0.3 is 20.5 Å². The van der Waals surface area contributed by atoms with E-state index >= 15 is 0 Å². The van der Waals surface area contributed by atoms with Gasteiger partial charge in [-0.25, -0.2) is 0 Å². The first-order valence-corrected chi connectivity index (χ1v) is 6.56. The summed E-state index contributed by atoms with van der Waals surface area (Å²) in [6.45, 7) is 2.05. The Morgan fingerprint density at radius 2 is 2.42 bits per heavy atom. The molecule has 0 spiro atoms. The number of rotatable bonds is 5. The second-order valence-corrected chi connectivity index (χ2v) is 4.83. The molecule has 1 aromatic rings. The van der Waals surface area contributed by atoms with Crippen LogP contribution in [0, 0.1) is 5.92 Å². The summed E-state index contributed by atoms with van der Waals surface area (Å²) in [5, 5.41) is 15.7. The first-order chi connectivity index (χ1) is 9.19. The molecule has 0 radical (unpaired) electrons. The van der Waals surface area contributed by atoms with Gasteiger partial charge in [0.15, 0.2) is 0 Å². The summed E-state index contributed by atoms with van der Waals surface area (Å²) in [5.74, 6) is 1.12. The molecule has 1 unspecified atom stereocenters. The Morgan fingerprint density at radius 3 is 3.05 bits per heavy atom. The number of phenols is 1. The molecule has 0 aliphatic carbocycles. The normalized spacial score (nSPS) is 18.3. The summed E-state index contributed by atoms with van der Waals surface area (Å²) >= 11 is 0. The fraction of sp³-hybridized carbons (Fsp3) is 0.500. The highest BCUT2D eigenvalue weighted by molar-refractivity contribution is 5.92. The maximum atomic E-state index is 11.8. The third-order valence-electron chi connectivity index (χ3n) is 3.42. The van der Waals surface area contributed by atoms with Crippen molar-refractivity contribution in [2.24, 2.45) is 5.92 Å². The van der Waals surface area contributed by atoms with Crippen molar-refractivity contribution in [3.05, 3.63) is 18.2 Å². The molecule has 0 bridgehead atoms. The van der Waals surface area contributed by atoms with Gasteiger partial charge in [-0.15, -0.1) is 0 Å². The van der Waals surface area contributed by atoms with Crippen LogP contribution in [0.3, 0.4) is 0 Å². The lowest BCUT2D eigenvalue weighted by molar-refractivity contribution is -0.116. The molecule has 5 heteroatoms. The van der Waals surface area contributed by atoms with E-state index in [0.717, 1.165) is 25.9 Å². The van der Waals surface area contributed by atoms with Gasteiger partial charge in [-0.05, 0) is 44.0 Å². The van der Waals surface area contributed by atoms with Crippen LogP contribution in [-0.4, -0.2) is 31.2 Å². The minimum absolute atomic E-state index is 0.0234. The van der Waals surface area contributed by atoms with Gasteiger partial charge in [0.25, 0.3) is 0 Å². The lowest BCUT2D eigenvalue weighted by Crippen LogP contribution is -2.15. The van der Waals surface area contributed by atoms with E-state index in [9.17, 15) is 9.90 Å². The van der Waals surface area contributed by atoms with Gasteiger partial charge in [-0.3, -0.25) is 4.79 Å². The number of anilines is 1. The standard InChI is InChI=1S/C14H20N2O3/c1-19-11-3-4-12(13(17)8-11)16-14(18)5-2-10-6-7-15-9-10/h3-4,8,10,15,17H,2,5-7,9H2,1H3,(H,16,18). The Hall–Kier alpha value is -1.75. The lowest BCUT2D eigenvalue weighted by Gasteiger charge is -2.10. The number of methoxy groups -OCH3 is 1. The van der Waals surface area contributed by atoms with E-state index in [0.29, 0.717) is 23.8 Å². The second-order valence-electron chi connectivity index (χ2n) is 4.83. The van der Waals surface area contributed by atoms with Crippen LogP contribution in [0.2, 0.25) is 0 Å². The van der Waals surface area contributed by atoms with Crippen LogP contribution in [0.5, 0.6) is 11.5 Å². The Balaban J connectivity index is 1.84. The molecule has 1 amide bonds. The minimum atomic E-state index is -0.0626. The first-order valence-electron chi connectivity index (χ1n) is 6.56. The van der Waals surface area contributed by atoms with E-state index in [1.807, 2.05) is 0 Å². The maximum absolute atomic E-state index is 11.8. The number of amides is 1. The quantitative estimate of drug-likeness (QED) is 0.708. The number of hydrogen-bond acceptors (Lipinski definition) is 4. The largest absolute Gasteiger partial charge is 0.506 e. The highest BCUT2D eigenvalue weighted by Crippen LogP contribution is 2.28. The van der Waals surface area contributed by atoms with Crippen LogP contribution in [0.1, 0.15) is 19.3 Å². The number of phenolic OH excluding ortho intramolecular Hbond substituents is 1. The van der Waals surface area contributed by atoms with E-state index in [4.69, 9.17) is 4.74 Å². The number of ether oxygens (including phenoxy) is 1. The Morgan fingerprint density at radius 1 is 1.58 bits per heavy atom. The summed E-state index contributed by atoms with van der Waals surface area (Å²) in [7, 11) is 1.53. The predicted octanol–water partition coefficient (Wildman–Crippen LogP) is 1.73. The van der Waals surface area contributed by atoms with Crippen LogP contribution in [0.4, 0.5) is 5.69 Å². The molecule has 1 aliphatic rings. The van der Waals surface area contributed by atoms with Crippen LogP contribution in [0.15, 0.2) is 18.2 Å². The van der Waals surface area contributed by atoms with Gasteiger partial charge in [0.05, 0.1) is 12.8 Å². The van der Waals surface area contributed by atoms with Gasteiger partial charge in [0.1, 0.15) is 11.5 Å². The second kappa shape index (κ2) is 6.43. The fourth-order valence-corrected chi connectivity index (χ4v) is 2.25. The Bertz CT molecular complexity index is 442. The molecule has 0 aromatic heterocycles. The zero-order chi connectivity index (χ0) is 13.7. The van der Waals surface area contributed by atoms with Crippen LogP contribution in [0.25, 0.3) is 0 Å². The van der Waals surface area contributed by atoms with Crippen molar-refractivity contribution < 1.29 is 14.6 Å². The predicted molar refractivity (Wildman–Crippen MR) is 73.5 cm³/mol. The number of aromatic hydroxyl groups is 1. The molecule has 1 atom stereocenters. The molecule has 1 aliphatic heterocycles. The molecule has 1 saturated heterocycles. The molecular formula is C14H20N2O3. The van der Waals surface area contributed by atoms with E-state index < -0.39 is 0 Å². The molecule has 3 N–H and O–H groups in total. The Kier molecular flexibility index (Phi) is 4.63.